The van der Waals surface area contributed by atoms with Gasteiger partial charge in [0.1, 0.15) is 12.1 Å². The van der Waals surface area contributed by atoms with Crippen LogP contribution in [0.4, 0.5) is 5.82 Å². The fourth-order valence-electron chi connectivity index (χ4n) is 3.76. The highest BCUT2D eigenvalue weighted by atomic mass is 16.5. The van der Waals surface area contributed by atoms with Crippen molar-refractivity contribution in [3.05, 3.63) is 29.8 Å². The summed E-state index contributed by atoms with van der Waals surface area (Å²) in [6, 6.07) is 2.16. The van der Waals surface area contributed by atoms with E-state index in [1.807, 2.05) is 0 Å². The molecule has 2 fully saturated rings. The van der Waals surface area contributed by atoms with E-state index in [0.717, 1.165) is 76.1 Å². The number of anilines is 1. The molecule has 0 bridgehead atoms. The van der Waals surface area contributed by atoms with Crippen LogP contribution >= 0.6 is 0 Å². The summed E-state index contributed by atoms with van der Waals surface area (Å²) in [4.78, 5) is 18.3. The lowest BCUT2D eigenvalue weighted by Gasteiger charge is -2.32. The zero-order valence-corrected chi connectivity index (χ0v) is 16.2. The van der Waals surface area contributed by atoms with Crippen LogP contribution in [-0.2, 0) is 11.3 Å². The topological polar surface area (TPSA) is 80.4 Å². The number of nitrogens with zero attached hydrogens (tertiary/aromatic N) is 6. The average Bonchev–Trinajstić information content (AvgIpc) is 3.18. The third-order valence-corrected chi connectivity index (χ3v) is 5.28. The molecule has 0 saturated carbocycles. The van der Waals surface area contributed by atoms with Crippen molar-refractivity contribution < 1.29 is 9.26 Å². The molecule has 0 radical (unpaired) electrons. The van der Waals surface area contributed by atoms with Gasteiger partial charge in [-0.1, -0.05) is 19.0 Å². The zero-order valence-electron chi connectivity index (χ0n) is 16.2. The lowest BCUT2D eigenvalue weighted by Crippen LogP contribution is -2.37. The van der Waals surface area contributed by atoms with Crippen LogP contribution in [0.2, 0.25) is 0 Å². The summed E-state index contributed by atoms with van der Waals surface area (Å²) < 4.78 is 10.8. The molecule has 2 aromatic heterocycles. The van der Waals surface area contributed by atoms with Gasteiger partial charge in [-0.3, -0.25) is 4.90 Å². The van der Waals surface area contributed by atoms with Gasteiger partial charge in [-0.2, -0.15) is 4.98 Å². The number of piperidine rings is 1. The quantitative estimate of drug-likeness (QED) is 0.790. The lowest BCUT2D eigenvalue weighted by atomic mass is 9.94. The summed E-state index contributed by atoms with van der Waals surface area (Å²) in [5.41, 5.74) is 1.13. The first-order valence-electron chi connectivity index (χ1n) is 9.88. The third kappa shape index (κ3) is 4.44. The molecule has 1 atom stereocenters. The zero-order chi connectivity index (χ0) is 18.6. The van der Waals surface area contributed by atoms with Gasteiger partial charge in [-0.05, 0) is 19.4 Å². The van der Waals surface area contributed by atoms with Gasteiger partial charge in [0, 0.05) is 37.5 Å². The number of likely N-dealkylation sites (tertiary alicyclic amines) is 1. The maximum atomic E-state index is 5.44. The highest BCUT2D eigenvalue weighted by molar-refractivity contribution is 5.40. The molecule has 146 valence electrons. The first-order chi connectivity index (χ1) is 13.2. The Morgan fingerprint density at radius 2 is 2.04 bits per heavy atom. The normalized spacial score (nSPS) is 21.7. The fraction of sp³-hybridized carbons (Fsp3) is 0.684. The molecule has 8 heteroatoms. The molecule has 0 aliphatic carbocycles. The van der Waals surface area contributed by atoms with Crippen molar-refractivity contribution in [3.63, 3.8) is 0 Å². The molecule has 2 saturated heterocycles. The lowest BCUT2D eigenvalue weighted by molar-refractivity contribution is 0.122. The minimum Gasteiger partial charge on any atom is -0.378 e. The van der Waals surface area contributed by atoms with E-state index in [4.69, 9.17) is 9.26 Å². The second-order valence-electron chi connectivity index (χ2n) is 7.68. The molecule has 0 aromatic carbocycles. The molecule has 0 unspecified atom stereocenters. The van der Waals surface area contributed by atoms with E-state index < -0.39 is 0 Å². The highest BCUT2D eigenvalue weighted by Gasteiger charge is 2.25. The maximum Gasteiger partial charge on any atom is 0.229 e. The predicted octanol–water partition coefficient (Wildman–Crippen LogP) is 2.20. The third-order valence-electron chi connectivity index (χ3n) is 5.28. The molecule has 0 amide bonds. The minimum absolute atomic E-state index is 0.264. The molecule has 0 N–H and O–H groups in total. The van der Waals surface area contributed by atoms with E-state index in [9.17, 15) is 0 Å². The molecular formula is C19H28N6O2. The van der Waals surface area contributed by atoms with Crippen molar-refractivity contribution in [2.75, 3.05) is 44.3 Å². The van der Waals surface area contributed by atoms with Crippen LogP contribution in [0.15, 0.2) is 16.9 Å². The Hall–Kier alpha value is -2.06. The molecular weight excluding hydrogens is 344 g/mol. The average molecular weight is 372 g/mol. The van der Waals surface area contributed by atoms with Crippen molar-refractivity contribution in [2.24, 2.45) is 0 Å². The van der Waals surface area contributed by atoms with Gasteiger partial charge in [0.15, 0.2) is 5.82 Å². The molecule has 2 aliphatic rings. The van der Waals surface area contributed by atoms with Gasteiger partial charge < -0.3 is 14.2 Å². The highest BCUT2D eigenvalue weighted by Crippen LogP contribution is 2.28. The molecule has 0 spiro atoms. The SMILES string of the molecule is CC(C)c1nc(CN2CCC[C@@H](c3cc(N4CCOCC4)ncn3)C2)no1. The van der Waals surface area contributed by atoms with E-state index in [0.29, 0.717) is 11.8 Å². The van der Waals surface area contributed by atoms with Gasteiger partial charge in [0.05, 0.1) is 25.5 Å². The summed E-state index contributed by atoms with van der Waals surface area (Å²) in [5, 5.41) is 4.13. The molecule has 4 rings (SSSR count). The number of morpholine rings is 1. The van der Waals surface area contributed by atoms with Crippen molar-refractivity contribution in [1.29, 1.82) is 0 Å². The Bertz CT molecular complexity index is 743. The Morgan fingerprint density at radius 3 is 2.81 bits per heavy atom. The molecule has 8 nitrogen and oxygen atoms in total. The van der Waals surface area contributed by atoms with Crippen LogP contribution in [0.25, 0.3) is 0 Å². The summed E-state index contributed by atoms with van der Waals surface area (Å²) in [6.07, 6.45) is 4.00. The number of hydrogen-bond donors (Lipinski definition) is 0. The van der Waals surface area contributed by atoms with Crippen molar-refractivity contribution in [3.8, 4) is 0 Å². The van der Waals surface area contributed by atoms with E-state index >= 15 is 0 Å². The summed E-state index contributed by atoms with van der Waals surface area (Å²) in [6.45, 7) is 10.2. The summed E-state index contributed by atoms with van der Waals surface area (Å²) in [7, 11) is 0. The first kappa shape index (κ1) is 18.3. The molecule has 2 aromatic rings. The van der Waals surface area contributed by atoms with Crippen LogP contribution in [0.1, 0.15) is 55.9 Å². The second-order valence-corrected chi connectivity index (χ2v) is 7.68. The van der Waals surface area contributed by atoms with Crippen molar-refractivity contribution in [1.82, 2.24) is 25.0 Å². The van der Waals surface area contributed by atoms with Gasteiger partial charge in [0.25, 0.3) is 0 Å². The summed E-state index contributed by atoms with van der Waals surface area (Å²) >= 11 is 0. The van der Waals surface area contributed by atoms with E-state index in [1.165, 1.54) is 0 Å². The molecule has 4 heterocycles. The van der Waals surface area contributed by atoms with E-state index in [2.05, 4.69) is 49.8 Å². The first-order valence-corrected chi connectivity index (χ1v) is 9.88. The maximum absolute atomic E-state index is 5.44. The number of rotatable bonds is 5. The summed E-state index contributed by atoms with van der Waals surface area (Å²) in [5.74, 6) is 3.18. The Morgan fingerprint density at radius 1 is 1.19 bits per heavy atom. The second kappa shape index (κ2) is 8.31. The smallest absolute Gasteiger partial charge is 0.229 e. The fourth-order valence-corrected chi connectivity index (χ4v) is 3.76. The van der Waals surface area contributed by atoms with Crippen molar-refractivity contribution >= 4 is 5.82 Å². The van der Waals surface area contributed by atoms with Gasteiger partial charge in [-0.15, -0.1) is 0 Å². The van der Waals surface area contributed by atoms with Gasteiger partial charge in [0.2, 0.25) is 5.89 Å². The van der Waals surface area contributed by atoms with Crippen LogP contribution in [0, 0.1) is 0 Å². The Kier molecular flexibility index (Phi) is 5.63. The van der Waals surface area contributed by atoms with Crippen LogP contribution in [0.3, 0.4) is 0 Å². The van der Waals surface area contributed by atoms with Crippen LogP contribution < -0.4 is 4.90 Å². The largest absolute Gasteiger partial charge is 0.378 e. The van der Waals surface area contributed by atoms with E-state index in [1.54, 1.807) is 6.33 Å². The number of ether oxygens (including phenoxy) is 1. The van der Waals surface area contributed by atoms with Crippen LogP contribution in [-0.4, -0.2) is 64.4 Å². The number of aromatic nitrogens is 4. The van der Waals surface area contributed by atoms with E-state index in [-0.39, 0.29) is 5.92 Å². The van der Waals surface area contributed by atoms with Crippen molar-refractivity contribution in [2.45, 2.75) is 45.1 Å². The minimum atomic E-state index is 0.264. The predicted molar refractivity (Wildman–Crippen MR) is 101 cm³/mol. The van der Waals surface area contributed by atoms with Crippen LogP contribution in [0.5, 0.6) is 0 Å². The molecule has 27 heavy (non-hydrogen) atoms. The Balaban J connectivity index is 1.41. The Labute approximate surface area is 159 Å². The monoisotopic (exact) mass is 372 g/mol. The number of hydrogen-bond acceptors (Lipinski definition) is 8. The standard InChI is InChI=1S/C19H28N6O2/c1-14(2)19-22-17(23-27-19)12-24-5-3-4-15(11-24)16-10-18(21-13-20-16)25-6-8-26-9-7-25/h10,13-15H,3-9,11-12H2,1-2H3/t15-/m1/s1. The van der Waals surface area contributed by atoms with Gasteiger partial charge in [-0.25, -0.2) is 9.97 Å². The molecule has 2 aliphatic heterocycles. The van der Waals surface area contributed by atoms with Gasteiger partial charge >= 0.3 is 0 Å².